The van der Waals surface area contributed by atoms with Gasteiger partial charge in [-0.1, -0.05) is 13.8 Å². The smallest absolute Gasteiger partial charge is 0.287 e. The second-order valence-corrected chi connectivity index (χ2v) is 6.79. The Bertz CT molecular complexity index is 590. The second-order valence-electron chi connectivity index (χ2n) is 5.04. The molecule has 0 fully saturated rings. The number of aromatic nitrogens is 1. The van der Waals surface area contributed by atoms with Crippen molar-refractivity contribution >= 4 is 29.0 Å². The number of hydrogen-bond donors (Lipinski definition) is 1. The largest absolute Gasteiger partial charge is 0.455 e. The van der Waals surface area contributed by atoms with Crippen molar-refractivity contribution in [3.05, 3.63) is 39.7 Å². The molecule has 2 aromatic heterocycles. The van der Waals surface area contributed by atoms with E-state index in [0.29, 0.717) is 18.2 Å². The summed E-state index contributed by atoms with van der Waals surface area (Å²) in [5.74, 6) is 2.27. The Morgan fingerprint density at radius 3 is 2.95 bits per heavy atom. The van der Waals surface area contributed by atoms with Crippen molar-refractivity contribution in [3.63, 3.8) is 0 Å². The van der Waals surface area contributed by atoms with Gasteiger partial charge in [-0.15, -0.1) is 11.3 Å². The van der Waals surface area contributed by atoms with E-state index < -0.39 is 0 Å². The molecule has 2 rings (SSSR count). The fraction of sp³-hybridized carbons (Fsp3) is 0.467. The van der Waals surface area contributed by atoms with Crippen LogP contribution in [0.2, 0.25) is 0 Å². The summed E-state index contributed by atoms with van der Waals surface area (Å²) in [6, 6.07) is 3.57. The maximum Gasteiger partial charge on any atom is 0.287 e. The predicted octanol–water partition coefficient (Wildman–Crippen LogP) is 3.70. The van der Waals surface area contributed by atoms with Crippen LogP contribution in [0.4, 0.5) is 0 Å². The van der Waals surface area contributed by atoms with E-state index in [1.807, 2.05) is 12.3 Å². The maximum atomic E-state index is 11.9. The standard InChI is InChI=1S/C15H20N2O2S2/c1-10(2)15-17-11(8-21-15)6-7-16-14(18)13-5-4-12(19-13)9-20-3/h4-5,8,10H,6-7,9H2,1-3H3,(H,16,18). The number of carbonyl (C=O) groups excluding carboxylic acids is 1. The van der Waals surface area contributed by atoms with Crippen LogP contribution in [-0.2, 0) is 12.2 Å². The number of amides is 1. The summed E-state index contributed by atoms with van der Waals surface area (Å²) in [5, 5.41) is 6.07. The lowest BCUT2D eigenvalue weighted by Crippen LogP contribution is -2.25. The van der Waals surface area contributed by atoms with Gasteiger partial charge in [-0.25, -0.2) is 4.98 Å². The highest BCUT2D eigenvalue weighted by molar-refractivity contribution is 7.97. The van der Waals surface area contributed by atoms with Crippen LogP contribution >= 0.6 is 23.1 Å². The summed E-state index contributed by atoms with van der Waals surface area (Å²) in [5.41, 5.74) is 1.03. The number of nitrogens with one attached hydrogen (secondary N) is 1. The lowest BCUT2D eigenvalue weighted by molar-refractivity contribution is 0.0925. The minimum Gasteiger partial charge on any atom is -0.455 e. The van der Waals surface area contributed by atoms with E-state index in [1.54, 1.807) is 29.2 Å². The fourth-order valence-corrected chi connectivity index (χ4v) is 3.12. The lowest BCUT2D eigenvalue weighted by atomic mass is 10.2. The van der Waals surface area contributed by atoms with E-state index in [4.69, 9.17) is 4.42 Å². The molecule has 2 heterocycles. The Kier molecular flexibility index (Phi) is 5.87. The van der Waals surface area contributed by atoms with Gasteiger partial charge in [-0.2, -0.15) is 11.8 Å². The highest BCUT2D eigenvalue weighted by atomic mass is 32.2. The fourth-order valence-electron chi connectivity index (χ4n) is 1.81. The van der Waals surface area contributed by atoms with Gasteiger partial charge in [0.2, 0.25) is 0 Å². The van der Waals surface area contributed by atoms with Gasteiger partial charge < -0.3 is 9.73 Å². The first-order valence-electron chi connectivity index (χ1n) is 6.90. The number of rotatable bonds is 7. The number of nitrogens with zero attached hydrogens (tertiary/aromatic N) is 1. The molecule has 4 nitrogen and oxygen atoms in total. The number of thioether (sulfide) groups is 1. The third-order valence-electron chi connectivity index (χ3n) is 2.90. The molecular formula is C15H20N2O2S2. The molecule has 0 aromatic carbocycles. The molecule has 1 amide bonds. The number of furan rings is 1. The van der Waals surface area contributed by atoms with Gasteiger partial charge in [0.05, 0.1) is 16.5 Å². The van der Waals surface area contributed by atoms with Crippen LogP contribution in [0.15, 0.2) is 21.9 Å². The van der Waals surface area contributed by atoms with Crippen LogP contribution in [0.5, 0.6) is 0 Å². The summed E-state index contributed by atoms with van der Waals surface area (Å²) in [6.07, 6.45) is 2.74. The van der Waals surface area contributed by atoms with Crippen LogP contribution < -0.4 is 5.32 Å². The van der Waals surface area contributed by atoms with Crippen molar-refractivity contribution in [1.82, 2.24) is 10.3 Å². The van der Waals surface area contributed by atoms with E-state index in [1.165, 1.54) is 0 Å². The van der Waals surface area contributed by atoms with E-state index in [-0.39, 0.29) is 5.91 Å². The summed E-state index contributed by atoms with van der Waals surface area (Å²) in [7, 11) is 0. The quantitative estimate of drug-likeness (QED) is 0.844. The van der Waals surface area contributed by atoms with Gasteiger partial charge >= 0.3 is 0 Å². The molecule has 0 saturated heterocycles. The first kappa shape index (κ1) is 16.1. The Morgan fingerprint density at radius 1 is 1.48 bits per heavy atom. The van der Waals surface area contributed by atoms with Crippen molar-refractivity contribution in [2.24, 2.45) is 0 Å². The average molecular weight is 324 g/mol. The molecule has 0 radical (unpaired) electrons. The van der Waals surface area contributed by atoms with E-state index >= 15 is 0 Å². The average Bonchev–Trinajstić information content (AvgIpc) is 3.08. The molecule has 0 aliphatic heterocycles. The predicted molar refractivity (Wildman–Crippen MR) is 88.2 cm³/mol. The van der Waals surface area contributed by atoms with Crippen LogP contribution in [0, 0.1) is 0 Å². The van der Waals surface area contributed by atoms with Crippen molar-refractivity contribution in [2.75, 3.05) is 12.8 Å². The molecule has 0 aliphatic rings. The zero-order chi connectivity index (χ0) is 15.2. The zero-order valence-electron chi connectivity index (χ0n) is 12.5. The molecular weight excluding hydrogens is 304 g/mol. The first-order valence-corrected chi connectivity index (χ1v) is 9.17. The molecule has 2 aromatic rings. The highest BCUT2D eigenvalue weighted by Crippen LogP contribution is 2.19. The van der Waals surface area contributed by atoms with Gasteiger partial charge in [0.25, 0.3) is 5.91 Å². The van der Waals surface area contributed by atoms with E-state index in [9.17, 15) is 4.79 Å². The Morgan fingerprint density at radius 2 is 2.29 bits per heavy atom. The maximum absolute atomic E-state index is 11.9. The Hall–Kier alpha value is -1.27. The molecule has 114 valence electrons. The summed E-state index contributed by atoms with van der Waals surface area (Å²) in [6.45, 7) is 4.83. The van der Waals surface area contributed by atoms with E-state index in [2.05, 4.69) is 29.5 Å². The molecule has 0 atom stereocenters. The molecule has 0 unspecified atom stereocenters. The number of hydrogen-bond acceptors (Lipinski definition) is 5. The monoisotopic (exact) mass is 324 g/mol. The summed E-state index contributed by atoms with van der Waals surface area (Å²) in [4.78, 5) is 16.5. The SMILES string of the molecule is CSCc1ccc(C(=O)NCCc2csc(C(C)C)n2)o1. The van der Waals surface area contributed by atoms with E-state index in [0.717, 1.165) is 28.6 Å². The summed E-state index contributed by atoms with van der Waals surface area (Å²) < 4.78 is 5.48. The molecule has 0 spiro atoms. The Balaban J connectivity index is 1.80. The van der Waals surface area contributed by atoms with Gasteiger partial charge in [-0.05, 0) is 18.4 Å². The molecule has 6 heteroatoms. The minimum absolute atomic E-state index is 0.165. The van der Waals surface area contributed by atoms with Crippen LogP contribution in [-0.4, -0.2) is 23.7 Å². The third-order valence-corrected chi connectivity index (χ3v) is 4.67. The third kappa shape index (κ3) is 4.61. The van der Waals surface area contributed by atoms with Crippen LogP contribution in [0.1, 0.15) is 46.8 Å². The topological polar surface area (TPSA) is 55.1 Å². The van der Waals surface area contributed by atoms with Gasteiger partial charge in [0.15, 0.2) is 5.76 Å². The molecule has 21 heavy (non-hydrogen) atoms. The zero-order valence-corrected chi connectivity index (χ0v) is 14.1. The van der Waals surface area contributed by atoms with Crippen molar-refractivity contribution in [2.45, 2.75) is 31.9 Å². The lowest BCUT2D eigenvalue weighted by Gasteiger charge is -2.02. The second kappa shape index (κ2) is 7.66. The van der Waals surface area contributed by atoms with Gasteiger partial charge in [0, 0.05) is 24.3 Å². The first-order chi connectivity index (χ1) is 10.1. The van der Waals surface area contributed by atoms with Crippen molar-refractivity contribution in [3.8, 4) is 0 Å². The molecule has 0 bridgehead atoms. The van der Waals surface area contributed by atoms with Crippen molar-refractivity contribution in [1.29, 1.82) is 0 Å². The summed E-state index contributed by atoms with van der Waals surface area (Å²) >= 11 is 3.34. The molecule has 1 N–H and O–H groups in total. The van der Waals surface area contributed by atoms with Gasteiger partial charge in [-0.3, -0.25) is 4.79 Å². The highest BCUT2D eigenvalue weighted by Gasteiger charge is 2.11. The normalized spacial score (nSPS) is 11.0. The van der Waals surface area contributed by atoms with Crippen molar-refractivity contribution < 1.29 is 9.21 Å². The molecule has 0 aliphatic carbocycles. The molecule has 0 saturated carbocycles. The number of carbonyl (C=O) groups is 1. The van der Waals surface area contributed by atoms with Gasteiger partial charge in [0.1, 0.15) is 5.76 Å². The van der Waals surface area contributed by atoms with Crippen LogP contribution in [0.3, 0.4) is 0 Å². The minimum atomic E-state index is -0.165. The van der Waals surface area contributed by atoms with Crippen LogP contribution in [0.25, 0.3) is 0 Å². The Labute approximate surface area is 133 Å². The number of thiazole rings is 1.